The minimum Gasteiger partial charge on any atom is -0.494 e. The Morgan fingerprint density at radius 1 is 0.875 bits per heavy atom. The van der Waals surface area contributed by atoms with Crippen molar-refractivity contribution in [1.82, 2.24) is 10.3 Å². The maximum absolute atomic E-state index is 13.3. The van der Waals surface area contributed by atoms with E-state index in [0.717, 1.165) is 4.90 Å². The van der Waals surface area contributed by atoms with E-state index in [4.69, 9.17) is 4.74 Å². The van der Waals surface area contributed by atoms with Crippen LogP contribution in [0.5, 0.6) is 5.75 Å². The second-order valence-corrected chi connectivity index (χ2v) is 9.46. The highest BCUT2D eigenvalue weighted by molar-refractivity contribution is 8.00. The molecule has 9 heteroatoms. The van der Waals surface area contributed by atoms with Gasteiger partial charge < -0.3 is 20.7 Å². The Kier molecular flexibility index (Phi) is 10.1. The Labute approximate surface area is 236 Å². The minimum atomic E-state index is -0.492. The van der Waals surface area contributed by atoms with E-state index < -0.39 is 11.8 Å². The van der Waals surface area contributed by atoms with E-state index in [2.05, 4.69) is 20.9 Å². The van der Waals surface area contributed by atoms with Crippen LogP contribution in [0.4, 0.5) is 11.5 Å². The summed E-state index contributed by atoms with van der Waals surface area (Å²) in [6, 6.07) is 28.3. The van der Waals surface area contributed by atoms with Crippen LogP contribution in [-0.4, -0.2) is 35.1 Å². The number of amides is 3. The van der Waals surface area contributed by atoms with E-state index in [1.807, 2.05) is 19.1 Å². The summed E-state index contributed by atoms with van der Waals surface area (Å²) >= 11 is 1.33. The average molecular weight is 553 g/mol. The number of carbonyl (C=O) groups excluding carboxylic acids is 3. The molecule has 1 aromatic heterocycles. The normalized spacial score (nSPS) is 10.9. The van der Waals surface area contributed by atoms with Crippen molar-refractivity contribution in [1.29, 1.82) is 0 Å². The molecule has 0 saturated heterocycles. The van der Waals surface area contributed by atoms with Crippen molar-refractivity contribution in [3.63, 3.8) is 0 Å². The summed E-state index contributed by atoms with van der Waals surface area (Å²) in [6.45, 7) is 2.45. The van der Waals surface area contributed by atoms with Crippen molar-refractivity contribution >= 4 is 47.1 Å². The number of pyridine rings is 1. The molecule has 0 aliphatic carbocycles. The Morgan fingerprint density at radius 2 is 1.65 bits per heavy atom. The first-order valence-corrected chi connectivity index (χ1v) is 13.5. The SMILES string of the molecule is CCOc1ccc(/C=C(/NC(=O)c2ccccc2)C(=O)Nc2cccc(SCC(=O)Nc3ccccn3)c2)cc1. The number of hydrogen-bond acceptors (Lipinski definition) is 6. The number of carbonyl (C=O) groups is 3. The molecule has 40 heavy (non-hydrogen) atoms. The van der Waals surface area contributed by atoms with Crippen LogP contribution in [0.3, 0.4) is 0 Å². The highest BCUT2D eigenvalue weighted by Crippen LogP contribution is 2.23. The third-order valence-electron chi connectivity index (χ3n) is 5.43. The second kappa shape index (κ2) is 14.3. The number of nitrogens with one attached hydrogen (secondary N) is 3. The van der Waals surface area contributed by atoms with Gasteiger partial charge in [0.05, 0.1) is 12.4 Å². The molecule has 0 saturated carbocycles. The molecule has 0 radical (unpaired) electrons. The van der Waals surface area contributed by atoms with Crippen LogP contribution in [0.2, 0.25) is 0 Å². The number of hydrogen-bond donors (Lipinski definition) is 3. The van der Waals surface area contributed by atoms with Gasteiger partial charge in [-0.05, 0) is 73.2 Å². The summed E-state index contributed by atoms with van der Waals surface area (Å²) in [7, 11) is 0. The number of anilines is 2. The van der Waals surface area contributed by atoms with Gasteiger partial charge in [0.2, 0.25) is 5.91 Å². The highest BCUT2D eigenvalue weighted by atomic mass is 32.2. The molecule has 0 aliphatic rings. The molecule has 0 aliphatic heterocycles. The summed E-state index contributed by atoms with van der Waals surface area (Å²) < 4.78 is 5.49. The van der Waals surface area contributed by atoms with Gasteiger partial charge in [0, 0.05) is 22.3 Å². The summed E-state index contributed by atoms with van der Waals surface area (Å²) in [4.78, 5) is 43.4. The summed E-state index contributed by atoms with van der Waals surface area (Å²) in [6.07, 6.45) is 3.21. The van der Waals surface area contributed by atoms with Gasteiger partial charge in [-0.15, -0.1) is 11.8 Å². The van der Waals surface area contributed by atoms with Crippen LogP contribution in [0.25, 0.3) is 6.08 Å². The van der Waals surface area contributed by atoms with Gasteiger partial charge in [-0.25, -0.2) is 4.98 Å². The average Bonchev–Trinajstić information content (AvgIpc) is 2.98. The Hall–Kier alpha value is -4.89. The molecule has 1 heterocycles. The topological polar surface area (TPSA) is 109 Å². The molecule has 0 spiro atoms. The second-order valence-electron chi connectivity index (χ2n) is 8.41. The maximum atomic E-state index is 13.3. The van der Waals surface area contributed by atoms with Gasteiger partial charge in [0.15, 0.2) is 0 Å². The van der Waals surface area contributed by atoms with Crippen molar-refractivity contribution in [2.75, 3.05) is 23.0 Å². The molecule has 0 bridgehead atoms. The maximum Gasteiger partial charge on any atom is 0.272 e. The van der Waals surface area contributed by atoms with Gasteiger partial charge in [0.25, 0.3) is 11.8 Å². The van der Waals surface area contributed by atoms with E-state index in [-0.39, 0.29) is 17.4 Å². The summed E-state index contributed by atoms with van der Waals surface area (Å²) in [5.74, 6) is 0.275. The standard InChI is InChI=1S/C31H28N4O4S/c1-2-39-25-16-14-22(15-17-25)19-27(34-30(37)23-9-4-3-5-10-23)31(38)33-24-11-8-12-26(20-24)40-21-29(36)35-28-13-6-7-18-32-28/h3-20H,2,21H2,1H3,(H,33,38)(H,34,37)(H,32,35,36)/b27-19+. The third kappa shape index (κ3) is 8.57. The monoisotopic (exact) mass is 552 g/mol. The number of aromatic nitrogens is 1. The van der Waals surface area contributed by atoms with Crippen LogP contribution in [0, 0.1) is 0 Å². The number of ether oxygens (including phenoxy) is 1. The molecule has 3 aromatic carbocycles. The molecule has 3 N–H and O–H groups in total. The first-order valence-electron chi connectivity index (χ1n) is 12.6. The lowest BCUT2D eigenvalue weighted by Crippen LogP contribution is -2.30. The predicted octanol–water partition coefficient (Wildman–Crippen LogP) is 5.62. The van der Waals surface area contributed by atoms with Crippen molar-refractivity contribution in [2.24, 2.45) is 0 Å². The van der Waals surface area contributed by atoms with Gasteiger partial charge in [-0.3, -0.25) is 14.4 Å². The van der Waals surface area contributed by atoms with Gasteiger partial charge >= 0.3 is 0 Å². The largest absolute Gasteiger partial charge is 0.494 e. The molecule has 4 rings (SSSR count). The fraction of sp³-hybridized carbons (Fsp3) is 0.0968. The lowest BCUT2D eigenvalue weighted by atomic mass is 10.1. The lowest BCUT2D eigenvalue weighted by molar-refractivity contribution is -0.114. The highest BCUT2D eigenvalue weighted by Gasteiger charge is 2.15. The minimum absolute atomic E-state index is 0.0748. The first kappa shape index (κ1) is 28.1. The zero-order valence-corrected chi connectivity index (χ0v) is 22.6. The molecule has 0 fully saturated rings. The fourth-order valence-corrected chi connectivity index (χ4v) is 4.32. The van der Waals surface area contributed by atoms with Crippen molar-refractivity contribution in [2.45, 2.75) is 11.8 Å². The van der Waals surface area contributed by atoms with Gasteiger partial charge in [0.1, 0.15) is 17.3 Å². The number of benzene rings is 3. The lowest BCUT2D eigenvalue weighted by Gasteiger charge is -2.12. The van der Waals surface area contributed by atoms with E-state index in [0.29, 0.717) is 35.0 Å². The van der Waals surface area contributed by atoms with E-state index in [1.165, 1.54) is 11.8 Å². The molecular weight excluding hydrogens is 524 g/mol. The smallest absolute Gasteiger partial charge is 0.272 e. The van der Waals surface area contributed by atoms with Crippen molar-refractivity contribution in [3.8, 4) is 5.75 Å². The van der Waals surface area contributed by atoms with Crippen molar-refractivity contribution < 1.29 is 19.1 Å². The van der Waals surface area contributed by atoms with E-state index >= 15 is 0 Å². The third-order valence-corrected chi connectivity index (χ3v) is 6.42. The number of rotatable bonds is 11. The van der Waals surface area contributed by atoms with Crippen LogP contribution in [0.15, 0.2) is 114 Å². The zero-order valence-electron chi connectivity index (χ0n) is 21.8. The summed E-state index contributed by atoms with van der Waals surface area (Å²) in [5, 5.41) is 8.33. The molecule has 3 amide bonds. The number of nitrogens with zero attached hydrogens (tertiary/aromatic N) is 1. The molecule has 8 nitrogen and oxygen atoms in total. The number of thioether (sulfide) groups is 1. The van der Waals surface area contributed by atoms with Crippen LogP contribution in [-0.2, 0) is 9.59 Å². The van der Waals surface area contributed by atoms with E-state index in [1.54, 1.807) is 97.2 Å². The predicted molar refractivity (Wildman–Crippen MR) is 158 cm³/mol. The Balaban J connectivity index is 1.46. The molecule has 4 aromatic rings. The quantitative estimate of drug-likeness (QED) is 0.165. The molecule has 0 unspecified atom stereocenters. The van der Waals surface area contributed by atoms with Crippen LogP contribution in [0.1, 0.15) is 22.8 Å². The van der Waals surface area contributed by atoms with Crippen LogP contribution >= 0.6 is 11.8 Å². The molecular formula is C31H28N4O4S. The van der Waals surface area contributed by atoms with Gasteiger partial charge in [-0.2, -0.15) is 0 Å². The summed E-state index contributed by atoms with van der Waals surface area (Å²) in [5.41, 5.74) is 1.73. The van der Waals surface area contributed by atoms with Gasteiger partial charge in [-0.1, -0.05) is 42.5 Å². The first-order chi connectivity index (χ1) is 19.5. The fourth-order valence-electron chi connectivity index (χ4n) is 3.56. The molecule has 0 atom stereocenters. The molecule has 202 valence electrons. The van der Waals surface area contributed by atoms with Crippen LogP contribution < -0.4 is 20.7 Å². The Bertz CT molecular complexity index is 1480. The Morgan fingerprint density at radius 3 is 2.38 bits per heavy atom. The zero-order chi connectivity index (χ0) is 28.2. The van der Waals surface area contributed by atoms with Crippen molar-refractivity contribution in [3.05, 3.63) is 120 Å². The van der Waals surface area contributed by atoms with E-state index in [9.17, 15) is 14.4 Å².